The molecule has 0 saturated carbocycles. The molecule has 0 spiro atoms. The number of nitrogens with two attached hydrogens (primary N) is 1. The summed E-state index contributed by atoms with van der Waals surface area (Å²) in [4.78, 5) is 13.3. The highest BCUT2D eigenvalue weighted by atomic mass is 16.2. The Balaban J connectivity index is 2.53. The first-order chi connectivity index (χ1) is 6.61. The number of carbonyl (C=O) groups excluding carboxylic acids is 1. The molecule has 0 unspecified atom stereocenters. The molecule has 1 amide bonds. The molecule has 1 saturated heterocycles. The molecule has 1 rings (SSSR count). The van der Waals surface area contributed by atoms with Gasteiger partial charge in [-0.1, -0.05) is 20.3 Å². The highest BCUT2D eigenvalue weighted by molar-refractivity contribution is 5.83. The first-order valence-corrected chi connectivity index (χ1v) is 5.07. The molecular weight excluding hydrogens is 178 g/mol. The maximum absolute atomic E-state index is 11.7. The Hall–Kier alpha value is -1.08. The van der Waals surface area contributed by atoms with Gasteiger partial charge < -0.3 is 10.6 Å². The SMILES string of the molecule is CC[C@H](C)[C@H](N)C(=O)N1CC[C@H]1C#N. The lowest BCUT2D eigenvalue weighted by Crippen LogP contribution is -2.57. The van der Waals surface area contributed by atoms with Gasteiger partial charge in [-0.2, -0.15) is 5.26 Å². The van der Waals surface area contributed by atoms with Crippen molar-refractivity contribution in [3.63, 3.8) is 0 Å². The first-order valence-electron chi connectivity index (χ1n) is 5.07. The van der Waals surface area contributed by atoms with Gasteiger partial charge in [-0.15, -0.1) is 0 Å². The molecule has 3 atom stereocenters. The number of nitriles is 1. The first kappa shape index (κ1) is 11.0. The zero-order chi connectivity index (χ0) is 10.7. The summed E-state index contributed by atoms with van der Waals surface area (Å²) in [7, 11) is 0. The van der Waals surface area contributed by atoms with E-state index in [0.717, 1.165) is 12.8 Å². The minimum absolute atomic E-state index is 0.0721. The van der Waals surface area contributed by atoms with Crippen molar-refractivity contribution in [1.29, 1.82) is 5.26 Å². The van der Waals surface area contributed by atoms with E-state index >= 15 is 0 Å². The number of nitrogens with zero attached hydrogens (tertiary/aromatic N) is 2. The third kappa shape index (κ3) is 1.88. The predicted octanol–water partition coefficient (Wildman–Crippen LogP) is 0.484. The topological polar surface area (TPSA) is 70.1 Å². The Morgan fingerprint density at radius 3 is 2.79 bits per heavy atom. The third-order valence-electron chi connectivity index (χ3n) is 2.99. The van der Waals surface area contributed by atoms with Crippen LogP contribution < -0.4 is 5.73 Å². The van der Waals surface area contributed by atoms with Gasteiger partial charge in [0.2, 0.25) is 5.91 Å². The van der Waals surface area contributed by atoms with Crippen molar-refractivity contribution in [2.75, 3.05) is 6.54 Å². The van der Waals surface area contributed by atoms with Crippen LogP contribution in [0, 0.1) is 17.2 Å². The van der Waals surface area contributed by atoms with E-state index < -0.39 is 6.04 Å². The average molecular weight is 195 g/mol. The van der Waals surface area contributed by atoms with Crippen LogP contribution in [0.15, 0.2) is 0 Å². The summed E-state index contributed by atoms with van der Waals surface area (Å²) >= 11 is 0. The molecule has 1 aliphatic heterocycles. The highest BCUT2D eigenvalue weighted by Gasteiger charge is 2.35. The summed E-state index contributed by atoms with van der Waals surface area (Å²) < 4.78 is 0. The zero-order valence-corrected chi connectivity index (χ0v) is 8.73. The molecule has 0 aromatic rings. The Kier molecular flexibility index (Phi) is 3.48. The molecule has 2 N–H and O–H groups in total. The largest absolute Gasteiger partial charge is 0.325 e. The van der Waals surface area contributed by atoms with Gasteiger partial charge in [-0.25, -0.2) is 0 Å². The number of hydrogen-bond donors (Lipinski definition) is 1. The highest BCUT2D eigenvalue weighted by Crippen LogP contribution is 2.19. The fourth-order valence-corrected chi connectivity index (χ4v) is 1.47. The molecule has 4 heteroatoms. The van der Waals surface area contributed by atoms with Gasteiger partial charge >= 0.3 is 0 Å². The lowest BCUT2D eigenvalue weighted by atomic mass is 9.95. The van der Waals surface area contributed by atoms with Crippen LogP contribution in [0.25, 0.3) is 0 Å². The second-order valence-corrected chi connectivity index (χ2v) is 3.88. The lowest BCUT2D eigenvalue weighted by Gasteiger charge is -2.38. The van der Waals surface area contributed by atoms with E-state index in [-0.39, 0.29) is 17.9 Å². The minimum atomic E-state index is -0.448. The summed E-state index contributed by atoms with van der Waals surface area (Å²) in [5, 5.41) is 8.70. The third-order valence-corrected chi connectivity index (χ3v) is 2.99. The van der Waals surface area contributed by atoms with Crippen LogP contribution in [0.3, 0.4) is 0 Å². The number of carbonyl (C=O) groups is 1. The van der Waals surface area contributed by atoms with E-state index in [9.17, 15) is 4.79 Å². The smallest absolute Gasteiger partial charge is 0.240 e. The molecule has 0 bridgehead atoms. The number of likely N-dealkylation sites (tertiary alicyclic amines) is 1. The molecule has 1 heterocycles. The van der Waals surface area contributed by atoms with E-state index in [0.29, 0.717) is 6.54 Å². The molecule has 1 aliphatic rings. The molecule has 4 nitrogen and oxygen atoms in total. The van der Waals surface area contributed by atoms with Crippen molar-refractivity contribution in [3.8, 4) is 6.07 Å². The molecule has 0 radical (unpaired) electrons. The van der Waals surface area contributed by atoms with Crippen LogP contribution in [0.1, 0.15) is 26.7 Å². The Morgan fingerprint density at radius 2 is 2.43 bits per heavy atom. The Morgan fingerprint density at radius 1 is 1.79 bits per heavy atom. The van der Waals surface area contributed by atoms with Crippen molar-refractivity contribution >= 4 is 5.91 Å². The summed E-state index contributed by atoms with van der Waals surface area (Å²) in [6, 6.07) is 1.41. The summed E-state index contributed by atoms with van der Waals surface area (Å²) in [6.45, 7) is 4.65. The van der Waals surface area contributed by atoms with Crippen LogP contribution in [0.2, 0.25) is 0 Å². The Labute approximate surface area is 84.7 Å². The van der Waals surface area contributed by atoms with Crippen LogP contribution >= 0.6 is 0 Å². The molecule has 0 aliphatic carbocycles. The van der Waals surface area contributed by atoms with Crippen molar-refractivity contribution < 1.29 is 4.79 Å². The van der Waals surface area contributed by atoms with Gasteiger partial charge in [0.05, 0.1) is 12.1 Å². The van der Waals surface area contributed by atoms with E-state index in [2.05, 4.69) is 6.07 Å². The summed E-state index contributed by atoms with van der Waals surface area (Å²) in [5.74, 6) is 0.111. The average Bonchev–Trinajstić information content (AvgIpc) is 2.14. The van der Waals surface area contributed by atoms with Crippen molar-refractivity contribution in [1.82, 2.24) is 4.90 Å². The Bertz CT molecular complexity index is 259. The zero-order valence-electron chi connectivity index (χ0n) is 8.73. The minimum Gasteiger partial charge on any atom is -0.325 e. The fourth-order valence-electron chi connectivity index (χ4n) is 1.47. The molecular formula is C10H17N3O. The second-order valence-electron chi connectivity index (χ2n) is 3.88. The number of rotatable bonds is 3. The fraction of sp³-hybridized carbons (Fsp3) is 0.800. The van der Waals surface area contributed by atoms with Gasteiger partial charge in [-0.05, 0) is 12.3 Å². The van der Waals surface area contributed by atoms with Gasteiger partial charge in [0.1, 0.15) is 6.04 Å². The van der Waals surface area contributed by atoms with Crippen molar-refractivity contribution in [2.24, 2.45) is 11.7 Å². The standard InChI is InChI=1S/C10H17N3O/c1-3-7(2)9(12)10(14)13-5-4-8(13)6-11/h7-9H,3-5,12H2,1-2H3/t7-,8-,9-/m0/s1. The number of amides is 1. The maximum Gasteiger partial charge on any atom is 0.240 e. The number of hydrogen-bond acceptors (Lipinski definition) is 3. The van der Waals surface area contributed by atoms with Gasteiger partial charge in [0.15, 0.2) is 0 Å². The molecule has 0 aromatic heterocycles. The van der Waals surface area contributed by atoms with Gasteiger partial charge in [0.25, 0.3) is 0 Å². The van der Waals surface area contributed by atoms with E-state index in [1.165, 1.54) is 0 Å². The van der Waals surface area contributed by atoms with Crippen molar-refractivity contribution in [3.05, 3.63) is 0 Å². The summed E-state index contributed by atoms with van der Waals surface area (Å²) in [5.41, 5.74) is 5.80. The molecule has 0 aromatic carbocycles. The second kappa shape index (κ2) is 4.43. The predicted molar refractivity (Wildman–Crippen MR) is 53.2 cm³/mol. The van der Waals surface area contributed by atoms with E-state index in [1.54, 1.807) is 4.90 Å². The van der Waals surface area contributed by atoms with E-state index in [4.69, 9.17) is 11.0 Å². The lowest BCUT2D eigenvalue weighted by molar-refractivity contribution is -0.139. The van der Waals surface area contributed by atoms with Crippen LogP contribution in [0.5, 0.6) is 0 Å². The molecule has 14 heavy (non-hydrogen) atoms. The van der Waals surface area contributed by atoms with Crippen molar-refractivity contribution in [2.45, 2.75) is 38.8 Å². The van der Waals surface area contributed by atoms with Crippen LogP contribution in [-0.4, -0.2) is 29.4 Å². The van der Waals surface area contributed by atoms with Gasteiger partial charge in [-0.3, -0.25) is 4.79 Å². The summed E-state index contributed by atoms with van der Waals surface area (Å²) in [6.07, 6.45) is 1.67. The van der Waals surface area contributed by atoms with Crippen LogP contribution in [0.4, 0.5) is 0 Å². The van der Waals surface area contributed by atoms with Gasteiger partial charge in [0, 0.05) is 6.54 Å². The maximum atomic E-state index is 11.7. The molecule has 1 fully saturated rings. The van der Waals surface area contributed by atoms with E-state index in [1.807, 2.05) is 13.8 Å². The quantitative estimate of drug-likeness (QED) is 0.712. The monoisotopic (exact) mass is 195 g/mol. The normalized spacial score (nSPS) is 24.7. The van der Waals surface area contributed by atoms with Crippen LogP contribution in [-0.2, 0) is 4.79 Å². The molecule has 78 valence electrons.